The van der Waals surface area contributed by atoms with E-state index in [1.54, 1.807) is 22.8 Å². The van der Waals surface area contributed by atoms with Crippen LogP contribution in [0, 0.1) is 12.8 Å². The first-order valence-corrected chi connectivity index (χ1v) is 17.7. The summed E-state index contributed by atoms with van der Waals surface area (Å²) in [7, 11) is -21.5. The average molecular weight is 668 g/mol. The van der Waals surface area contributed by atoms with Crippen LogP contribution in [0.4, 0.5) is 5.69 Å². The van der Waals surface area contributed by atoms with Crippen LogP contribution in [0.1, 0.15) is 5.56 Å². The molecule has 0 unspecified atom stereocenters. The summed E-state index contributed by atoms with van der Waals surface area (Å²) in [6.45, 7) is 0.596. The molecule has 0 aliphatic rings. The molecule has 1 rings (SSSR count). The summed E-state index contributed by atoms with van der Waals surface area (Å²) in [5.41, 5.74) is -4.45. The molecule has 0 spiro atoms. The molecule has 0 bridgehead atoms. The van der Waals surface area contributed by atoms with Gasteiger partial charge in [0.1, 0.15) is 0 Å². The maximum atomic E-state index is 12.8. The standard InChI is InChI=1S/C17H30N5O15P4/c1-10-2-4-12(5-3-10)22-15(25)11(6-18-13(23)8-20-16(38(26,27)28)39(29,30)31)7-19-14(24)9-21-17(40(32,33)34)41(35,36)37/h2-5,11,16-17,20-21H,1,6-9H2,(H,18,23)(H,19,24)(H,22,25)(H2,26,27,28)(H2,29,30,31)(H2,32,33,34)(H2,35,36,37). The summed E-state index contributed by atoms with van der Waals surface area (Å²) in [4.78, 5) is 110. The SMILES string of the molecule is [CH2]c1ccc(NC(=O)C(CNC(=O)CNC(P(=O)(O)O)P(=O)(O)O)CNC(=O)CNC(P(=O)(O)O)P(=O)(O)O)cc1. The normalized spacial score (nSPS) is 13.0. The van der Waals surface area contributed by atoms with Crippen LogP contribution in [-0.4, -0.2) is 94.1 Å². The highest BCUT2D eigenvalue weighted by Gasteiger charge is 2.44. The third-order valence-corrected chi connectivity index (χ3v) is 11.7. The Labute approximate surface area is 232 Å². The molecule has 13 N–H and O–H groups in total. The Hall–Kier alpha value is -1.85. The maximum Gasteiger partial charge on any atom is 0.354 e. The minimum atomic E-state index is -5.38. The van der Waals surface area contributed by atoms with Crippen LogP contribution in [0.5, 0.6) is 0 Å². The molecule has 24 heteroatoms. The van der Waals surface area contributed by atoms with E-state index in [1.165, 1.54) is 12.1 Å². The monoisotopic (exact) mass is 668 g/mol. The van der Waals surface area contributed by atoms with E-state index in [9.17, 15) is 32.6 Å². The van der Waals surface area contributed by atoms with Gasteiger partial charge in [0.05, 0.1) is 19.0 Å². The minimum absolute atomic E-state index is 0.283. The first-order chi connectivity index (χ1) is 18.5. The fourth-order valence-electron chi connectivity index (χ4n) is 2.92. The maximum absolute atomic E-state index is 12.8. The van der Waals surface area contributed by atoms with Crippen LogP contribution in [0.15, 0.2) is 24.3 Å². The van der Waals surface area contributed by atoms with E-state index in [2.05, 4.69) is 22.9 Å². The van der Waals surface area contributed by atoms with Gasteiger partial charge in [-0.2, -0.15) is 0 Å². The fraction of sp³-hybridized carbons (Fsp3) is 0.412. The zero-order valence-corrected chi connectivity index (χ0v) is 24.4. The summed E-state index contributed by atoms with van der Waals surface area (Å²) >= 11 is 0. The molecule has 1 aromatic rings. The first kappa shape index (κ1) is 37.2. The van der Waals surface area contributed by atoms with Crippen molar-refractivity contribution in [3.8, 4) is 0 Å². The first-order valence-electron chi connectivity index (χ1n) is 11.0. The molecule has 0 saturated heterocycles. The van der Waals surface area contributed by atoms with Crippen molar-refractivity contribution in [3.05, 3.63) is 36.8 Å². The van der Waals surface area contributed by atoms with Crippen LogP contribution >= 0.6 is 30.4 Å². The molecule has 1 radical (unpaired) electrons. The van der Waals surface area contributed by atoms with Crippen LogP contribution in [0.3, 0.4) is 0 Å². The molecule has 1 aromatic carbocycles. The number of hydrogen-bond acceptors (Lipinski definition) is 9. The number of benzene rings is 1. The molecular formula is C17H30N5O15P4. The van der Waals surface area contributed by atoms with Gasteiger partial charge in [0.15, 0.2) is 0 Å². The fourth-order valence-corrected chi connectivity index (χ4v) is 7.38. The minimum Gasteiger partial charge on any atom is -0.354 e. The number of nitrogens with one attached hydrogen (secondary N) is 5. The molecule has 233 valence electrons. The van der Waals surface area contributed by atoms with Crippen LogP contribution in [-0.2, 0) is 32.6 Å². The van der Waals surface area contributed by atoms with E-state index < -0.39 is 91.2 Å². The zero-order valence-electron chi connectivity index (χ0n) is 20.8. The smallest absolute Gasteiger partial charge is 0.354 e. The highest BCUT2D eigenvalue weighted by Crippen LogP contribution is 2.58. The molecule has 41 heavy (non-hydrogen) atoms. The van der Waals surface area contributed by atoms with Gasteiger partial charge in [-0.25, -0.2) is 0 Å². The lowest BCUT2D eigenvalue weighted by atomic mass is 10.1. The number of carbonyl (C=O) groups excluding carboxylic acids is 3. The largest absolute Gasteiger partial charge is 0.354 e. The lowest BCUT2D eigenvalue weighted by Crippen LogP contribution is -2.47. The topological polar surface area (TPSA) is 341 Å². The lowest BCUT2D eigenvalue weighted by Gasteiger charge is -2.22. The Bertz CT molecular complexity index is 1160. The summed E-state index contributed by atoms with van der Waals surface area (Å²) in [5.74, 6) is -4.18. The Morgan fingerprint density at radius 3 is 1.32 bits per heavy atom. The molecule has 0 aliphatic heterocycles. The van der Waals surface area contributed by atoms with Crippen molar-refractivity contribution in [1.82, 2.24) is 21.3 Å². The van der Waals surface area contributed by atoms with Crippen LogP contribution < -0.4 is 26.6 Å². The molecular weight excluding hydrogens is 638 g/mol. The van der Waals surface area contributed by atoms with Gasteiger partial charge in [0.2, 0.25) is 28.8 Å². The number of amides is 3. The molecule has 0 heterocycles. The summed E-state index contributed by atoms with van der Waals surface area (Å²) < 4.78 is 45.3. The van der Waals surface area contributed by atoms with Crippen molar-refractivity contribution < 1.29 is 71.8 Å². The van der Waals surface area contributed by atoms with Crippen molar-refractivity contribution in [1.29, 1.82) is 0 Å². The van der Waals surface area contributed by atoms with E-state index in [-0.39, 0.29) is 5.69 Å². The molecule has 20 nitrogen and oxygen atoms in total. The number of rotatable bonds is 16. The van der Waals surface area contributed by atoms with Gasteiger partial charge < -0.3 is 55.1 Å². The van der Waals surface area contributed by atoms with Crippen molar-refractivity contribution >= 4 is 53.8 Å². The van der Waals surface area contributed by atoms with E-state index in [0.29, 0.717) is 5.56 Å². The molecule has 3 amide bonds. The van der Waals surface area contributed by atoms with E-state index in [1.807, 2.05) is 0 Å². The quantitative estimate of drug-likeness (QED) is 0.0786. The van der Waals surface area contributed by atoms with Crippen molar-refractivity contribution in [2.45, 2.75) is 11.0 Å². The highest BCUT2D eigenvalue weighted by molar-refractivity contribution is 7.71. The Morgan fingerprint density at radius 2 is 1.00 bits per heavy atom. The van der Waals surface area contributed by atoms with Gasteiger partial charge in [-0.3, -0.25) is 43.3 Å². The van der Waals surface area contributed by atoms with E-state index in [4.69, 9.17) is 39.1 Å². The van der Waals surface area contributed by atoms with Gasteiger partial charge in [0.25, 0.3) is 0 Å². The second kappa shape index (κ2) is 15.0. The third-order valence-electron chi connectivity index (χ3n) is 4.85. The van der Waals surface area contributed by atoms with Gasteiger partial charge >= 0.3 is 30.4 Å². The highest BCUT2D eigenvalue weighted by atomic mass is 31.2. The second-order valence-electron chi connectivity index (χ2n) is 8.36. The van der Waals surface area contributed by atoms with Crippen molar-refractivity contribution in [2.75, 3.05) is 31.5 Å². The van der Waals surface area contributed by atoms with Crippen LogP contribution in [0.2, 0.25) is 0 Å². The number of carbonyl (C=O) groups is 3. The van der Waals surface area contributed by atoms with Gasteiger partial charge in [-0.05, 0) is 24.6 Å². The van der Waals surface area contributed by atoms with E-state index in [0.717, 1.165) is 0 Å². The van der Waals surface area contributed by atoms with E-state index >= 15 is 0 Å². The van der Waals surface area contributed by atoms with Crippen molar-refractivity contribution in [2.24, 2.45) is 5.92 Å². The average Bonchev–Trinajstić information content (AvgIpc) is 2.77. The molecule has 0 saturated carbocycles. The van der Waals surface area contributed by atoms with Gasteiger partial charge in [-0.1, -0.05) is 12.1 Å². The van der Waals surface area contributed by atoms with Gasteiger partial charge in [0, 0.05) is 18.8 Å². The second-order valence-corrected chi connectivity index (χ2v) is 15.9. The Balaban J connectivity index is 2.90. The Morgan fingerprint density at radius 1 is 0.659 bits per heavy atom. The van der Waals surface area contributed by atoms with Crippen LogP contribution in [0.25, 0.3) is 0 Å². The van der Waals surface area contributed by atoms with Crippen molar-refractivity contribution in [3.63, 3.8) is 0 Å². The molecule has 0 aromatic heterocycles. The summed E-state index contributed by atoms with van der Waals surface area (Å²) in [6.07, 6.45) is 0. The molecule has 0 atom stereocenters. The third kappa shape index (κ3) is 13.8. The molecule has 0 aliphatic carbocycles. The Kier molecular flexibility index (Phi) is 13.6. The van der Waals surface area contributed by atoms with Gasteiger partial charge in [-0.15, -0.1) is 0 Å². The summed E-state index contributed by atoms with van der Waals surface area (Å²) in [5, 5.41) is 10.3. The lowest BCUT2D eigenvalue weighted by molar-refractivity contribution is -0.122. The predicted molar refractivity (Wildman–Crippen MR) is 141 cm³/mol. The molecule has 0 fully saturated rings. The summed E-state index contributed by atoms with van der Waals surface area (Å²) in [6, 6.07) is 6.08. The zero-order chi connectivity index (χ0) is 31.8. The number of hydrogen-bond donors (Lipinski definition) is 13. The number of anilines is 1. The predicted octanol–water partition coefficient (Wildman–Crippen LogP) is -2.89.